The second-order valence-electron chi connectivity index (χ2n) is 7.77. The molecule has 0 aromatic carbocycles. The van der Waals surface area contributed by atoms with Crippen LogP contribution in [0.2, 0.25) is 0 Å². The van der Waals surface area contributed by atoms with E-state index < -0.39 is 5.97 Å². The largest absolute Gasteiger partial charge is 0.481 e. The number of hydrogen-bond donors (Lipinski definition) is 1. The maximum atomic E-state index is 11.0. The summed E-state index contributed by atoms with van der Waals surface area (Å²) in [5.74, 6) is 2.64. The summed E-state index contributed by atoms with van der Waals surface area (Å²) in [4.78, 5) is 26.5. The average Bonchev–Trinajstić information content (AvgIpc) is 2.91. The van der Waals surface area contributed by atoms with E-state index in [-0.39, 0.29) is 0 Å². The van der Waals surface area contributed by atoms with Crippen molar-refractivity contribution in [3.8, 4) is 0 Å². The van der Waals surface area contributed by atoms with Crippen LogP contribution < -0.4 is 9.80 Å². The molecule has 1 saturated carbocycles. The lowest BCUT2D eigenvalue weighted by atomic mass is 10.1. The highest BCUT2D eigenvalue weighted by molar-refractivity contribution is 7.17. The number of carboxylic acids is 1. The van der Waals surface area contributed by atoms with E-state index in [1.54, 1.807) is 11.3 Å². The molecule has 132 valence electrons. The van der Waals surface area contributed by atoms with E-state index in [1.807, 2.05) is 0 Å². The Bertz CT molecular complexity index is 854. The molecule has 6 nitrogen and oxygen atoms in total. The minimum Gasteiger partial charge on any atom is -0.481 e. The van der Waals surface area contributed by atoms with Crippen LogP contribution in [0.5, 0.6) is 0 Å². The number of hydrogen-bond acceptors (Lipinski definition) is 6. The molecule has 7 heteroatoms. The number of anilines is 2. The number of piperidine rings is 1. The zero-order valence-corrected chi connectivity index (χ0v) is 15.3. The van der Waals surface area contributed by atoms with Crippen molar-refractivity contribution >= 4 is 39.3 Å². The quantitative estimate of drug-likeness (QED) is 0.906. The molecular weight excluding hydrogens is 336 g/mol. The van der Waals surface area contributed by atoms with Crippen molar-refractivity contribution in [2.75, 3.05) is 29.4 Å². The molecule has 2 aliphatic heterocycles. The third kappa shape index (κ3) is 2.32. The zero-order chi connectivity index (χ0) is 17.3. The van der Waals surface area contributed by atoms with Crippen LogP contribution in [-0.2, 0) is 4.79 Å². The molecule has 25 heavy (non-hydrogen) atoms. The van der Waals surface area contributed by atoms with Gasteiger partial charge < -0.3 is 14.9 Å². The van der Waals surface area contributed by atoms with Crippen molar-refractivity contribution in [1.82, 2.24) is 9.97 Å². The third-order valence-corrected chi connectivity index (χ3v) is 7.23. The van der Waals surface area contributed by atoms with E-state index >= 15 is 0 Å². The highest BCUT2D eigenvalue weighted by Gasteiger charge is 2.56. The molecule has 0 amide bonds. The van der Waals surface area contributed by atoms with Crippen LogP contribution in [0.3, 0.4) is 0 Å². The Morgan fingerprint density at radius 3 is 2.72 bits per heavy atom. The Labute approximate surface area is 150 Å². The fourth-order valence-corrected chi connectivity index (χ4v) is 5.46. The van der Waals surface area contributed by atoms with Crippen LogP contribution >= 0.6 is 11.3 Å². The Morgan fingerprint density at radius 2 is 2.12 bits per heavy atom. The number of rotatable bonds is 4. The molecular formula is C18H22N4O2S. The number of aliphatic carboxylic acids is 1. The average molecular weight is 358 g/mol. The van der Waals surface area contributed by atoms with Crippen LogP contribution in [0.4, 0.5) is 11.8 Å². The van der Waals surface area contributed by atoms with Gasteiger partial charge in [0, 0.05) is 32.1 Å². The summed E-state index contributed by atoms with van der Waals surface area (Å²) in [6.45, 7) is 7.24. The first-order valence-corrected chi connectivity index (χ1v) is 9.90. The number of nitrogens with zero attached hydrogens (tertiary/aromatic N) is 4. The molecule has 5 rings (SSSR count). The number of fused-ring (bicyclic) bond motifs is 2. The number of carbonyl (C=O) groups is 1. The van der Waals surface area contributed by atoms with Crippen molar-refractivity contribution < 1.29 is 9.90 Å². The van der Waals surface area contributed by atoms with Gasteiger partial charge >= 0.3 is 5.97 Å². The number of thiophene rings is 1. The molecule has 2 saturated heterocycles. The highest BCUT2D eigenvalue weighted by atomic mass is 32.1. The fraction of sp³-hybridized carbons (Fsp3) is 0.611. The van der Waals surface area contributed by atoms with E-state index in [0.29, 0.717) is 30.2 Å². The number of aryl methyl sites for hydroxylation is 1. The van der Waals surface area contributed by atoms with E-state index in [0.717, 1.165) is 36.2 Å². The third-order valence-electron chi connectivity index (χ3n) is 6.24. The fourth-order valence-electron chi connectivity index (χ4n) is 4.55. The van der Waals surface area contributed by atoms with Gasteiger partial charge in [-0.15, -0.1) is 11.3 Å². The van der Waals surface area contributed by atoms with Crippen LogP contribution in [0.15, 0.2) is 5.38 Å². The van der Waals surface area contributed by atoms with Crippen LogP contribution in [0.25, 0.3) is 10.2 Å². The van der Waals surface area contributed by atoms with Crippen LogP contribution in [0.1, 0.15) is 25.3 Å². The van der Waals surface area contributed by atoms with Crippen LogP contribution in [0, 0.1) is 24.7 Å². The van der Waals surface area contributed by atoms with Crippen molar-refractivity contribution in [2.45, 2.75) is 32.7 Å². The van der Waals surface area contributed by atoms with Gasteiger partial charge in [-0.05, 0) is 49.0 Å². The molecule has 4 heterocycles. The topological polar surface area (TPSA) is 69.6 Å². The first-order chi connectivity index (χ1) is 12.0. The second-order valence-corrected chi connectivity index (χ2v) is 8.63. The van der Waals surface area contributed by atoms with Gasteiger partial charge in [0.2, 0.25) is 5.95 Å². The van der Waals surface area contributed by atoms with Gasteiger partial charge in [-0.25, -0.2) is 4.98 Å². The highest BCUT2D eigenvalue weighted by Crippen LogP contribution is 2.54. The van der Waals surface area contributed by atoms with E-state index in [2.05, 4.69) is 29.0 Å². The van der Waals surface area contributed by atoms with Crippen molar-refractivity contribution in [1.29, 1.82) is 0 Å². The molecule has 2 aromatic heterocycles. The molecule has 0 bridgehead atoms. The van der Waals surface area contributed by atoms with E-state index in [4.69, 9.17) is 15.1 Å². The van der Waals surface area contributed by atoms with Gasteiger partial charge in [0.25, 0.3) is 0 Å². The molecule has 1 aliphatic carbocycles. The monoisotopic (exact) mass is 358 g/mol. The van der Waals surface area contributed by atoms with Gasteiger partial charge in [-0.1, -0.05) is 0 Å². The number of carboxylic acid groups (broad SMARTS) is 1. The molecule has 3 fully saturated rings. The van der Waals surface area contributed by atoms with Crippen molar-refractivity contribution in [3.63, 3.8) is 0 Å². The zero-order valence-electron chi connectivity index (χ0n) is 14.5. The molecule has 1 N–H and O–H groups in total. The maximum absolute atomic E-state index is 11.0. The van der Waals surface area contributed by atoms with Crippen molar-refractivity contribution in [2.24, 2.45) is 17.8 Å². The summed E-state index contributed by atoms with van der Waals surface area (Å²) in [5, 5.41) is 12.4. The predicted octanol–water partition coefficient (Wildman–Crippen LogP) is 2.76. The smallest absolute Gasteiger partial charge is 0.303 e. The summed E-state index contributed by atoms with van der Waals surface area (Å²) >= 11 is 1.69. The summed E-state index contributed by atoms with van der Waals surface area (Å²) in [6, 6.07) is 0.512. The Hall–Kier alpha value is -1.89. The van der Waals surface area contributed by atoms with E-state index in [1.165, 1.54) is 17.4 Å². The normalized spacial score (nSPS) is 30.5. The Morgan fingerprint density at radius 1 is 1.36 bits per heavy atom. The molecule has 2 aromatic rings. The lowest BCUT2D eigenvalue weighted by molar-refractivity contribution is -0.137. The molecule has 1 unspecified atom stereocenters. The molecule has 0 radical (unpaired) electrons. The summed E-state index contributed by atoms with van der Waals surface area (Å²) < 4.78 is 0. The number of aromatic nitrogens is 2. The maximum Gasteiger partial charge on any atom is 0.303 e. The molecule has 0 spiro atoms. The summed E-state index contributed by atoms with van der Waals surface area (Å²) in [7, 11) is 0. The van der Waals surface area contributed by atoms with Gasteiger partial charge in [0.05, 0.1) is 5.39 Å². The minimum atomic E-state index is -0.668. The first kappa shape index (κ1) is 15.4. The van der Waals surface area contributed by atoms with Gasteiger partial charge in [-0.2, -0.15) is 4.98 Å². The molecule has 3 aliphatic rings. The lowest BCUT2D eigenvalue weighted by Gasteiger charge is -2.39. The first-order valence-electron chi connectivity index (χ1n) is 9.02. The Kier molecular flexibility index (Phi) is 3.26. The summed E-state index contributed by atoms with van der Waals surface area (Å²) in [5.41, 5.74) is 1.24. The summed E-state index contributed by atoms with van der Waals surface area (Å²) in [6.07, 6.45) is 1.52. The predicted molar refractivity (Wildman–Crippen MR) is 98.5 cm³/mol. The van der Waals surface area contributed by atoms with Crippen molar-refractivity contribution in [3.05, 3.63) is 10.9 Å². The molecule has 4 atom stereocenters. The van der Waals surface area contributed by atoms with Crippen LogP contribution in [-0.4, -0.2) is 46.7 Å². The Balaban J connectivity index is 1.47. The lowest BCUT2D eigenvalue weighted by Crippen LogP contribution is -2.46. The van der Waals surface area contributed by atoms with Gasteiger partial charge in [0.1, 0.15) is 10.6 Å². The van der Waals surface area contributed by atoms with E-state index in [9.17, 15) is 4.79 Å². The van der Waals surface area contributed by atoms with Gasteiger partial charge in [-0.3, -0.25) is 4.79 Å². The SMILES string of the molecule is Cc1csc2nc(N3CC[C@@H]3C)nc(N3C[C@@H]4C(CC(=O)O)[C@@H]4C3)c12. The second kappa shape index (κ2) is 5.30. The standard InChI is InChI=1S/C18H22N4O2S/c1-9-8-25-17-15(9)16(19-18(20-17)22-4-3-10(22)2)21-6-12-11(5-14(23)24)13(12)7-21/h8,10-13H,3-7H2,1-2H3,(H,23,24)/t10-,11?,12-,13+/m0/s1. The van der Waals surface area contributed by atoms with Gasteiger partial charge in [0.15, 0.2) is 0 Å². The minimum absolute atomic E-state index is 0.316.